The lowest BCUT2D eigenvalue weighted by molar-refractivity contribution is 0.602. The Bertz CT molecular complexity index is 1370. The van der Waals surface area contributed by atoms with Crippen molar-refractivity contribution in [2.24, 2.45) is 5.18 Å². The largest absolute Gasteiger partial charge is 0.339 e. The summed E-state index contributed by atoms with van der Waals surface area (Å²) in [7, 11) is -3.50. The fourth-order valence-electron chi connectivity index (χ4n) is 2.96. The third-order valence-corrected chi connectivity index (χ3v) is 5.21. The van der Waals surface area contributed by atoms with E-state index in [1.807, 2.05) is 0 Å². The van der Waals surface area contributed by atoms with Crippen molar-refractivity contribution in [1.82, 2.24) is 9.38 Å². The average Bonchev–Trinajstić information content (AvgIpc) is 2.86. The van der Waals surface area contributed by atoms with Crippen molar-refractivity contribution in [2.45, 2.75) is 4.90 Å². The molecule has 2 aromatic carbocycles. The summed E-state index contributed by atoms with van der Waals surface area (Å²) < 4.78 is 38.2. The first kappa shape index (κ1) is 15.5. The van der Waals surface area contributed by atoms with Crippen LogP contribution in [0.3, 0.4) is 0 Å². The number of hydrogen-bond donors (Lipinski definition) is 1. The van der Waals surface area contributed by atoms with Crippen LogP contribution in [-0.2, 0) is 9.84 Å². The number of halogens is 1. The number of aromatic amines is 1. The van der Waals surface area contributed by atoms with E-state index in [1.165, 1.54) is 28.7 Å². The summed E-state index contributed by atoms with van der Waals surface area (Å²) in [6.07, 6.45) is 1.04. The second kappa shape index (κ2) is 4.96. The van der Waals surface area contributed by atoms with Gasteiger partial charge in [-0.2, -0.15) is 0 Å². The summed E-state index contributed by atoms with van der Waals surface area (Å²) in [4.78, 5) is 27.0. The van der Waals surface area contributed by atoms with E-state index in [0.717, 1.165) is 18.4 Å². The van der Waals surface area contributed by atoms with E-state index >= 15 is 0 Å². The molecular formula is C16H10FN3O4S. The molecular weight excluding hydrogens is 349 g/mol. The Hall–Kier alpha value is -3.07. The second-order valence-electron chi connectivity index (χ2n) is 5.70. The van der Waals surface area contributed by atoms with Gasteiger partial charge in [0.2, 0.25) is 0 Å². The van der Waals surface area contributed by atoms with Crippen molar-refractivity contribution in [2.75, 3.05) is 6.26 Å². The highest BCUT2D eigenvalue weighted by atomic mass is 32.2. The first-order chi connectivity index (χ1) is 11.8. The lowest BCUT2D eigenvalue weighted by Gasteiger charge is -2.02. The number of aromatic nitrogens is 2. The fraction of sp³-hybridized carbons (Fsp3) is 0.0625. The fourth-order valence-corrected chi connectivity index (χ4v) is 3.60. The molecule has 1 N–H and O–H groups in total. The van der Waals surface area contributed by atoms with E-state index < -0.39 is 21.2 Å². The molecule has 0 atom stereocenters. The average molecular weight is 359 g/mol. The smallest absolute Gasteiger partial charge is 0.266 e. The van der Waals surface area contributed by atoms with Crippen LogP contribution in [0, 0.1) is 10.7 Å². The zero-order chi connectivity index (χ0) is 17.9. The van der Waals surface area contributed by atoms with Crippen LogP contribution in [0.2, 0.25) is 0 Å². The van der Waals surface area contributed by atoms with Gasteiger partial charge >= 0.3 is 0 Å². The van der Waals surface area contributed by atoms with Gasteiger partial charge in [-0.25, -0.2) is 12.8 Å². The molecule has 0 unspecified atom stereocenters. The molecule has 0 radical (unpaired) electrons. The third kappa shape index (κ3) is 2.16. The summed E-state index contributed by atoms with van der Waals surface area (Å²) in [5, 5.41) is 3.41. The predicted molar refractivity (Wildman–Crippen MR) is 91.6 cm³/mol. The van der Waals surface area contributed by atoms with Crippen molar-refractivity contribution >= 4 is 43.0 Å². The van der Waals surface area contributed by atoms with Crippen molar-refractivity contribution in [1.29, 1.82) is 0 Å². The summed E-state index contributed by atoms with van der Waals surface area (Å²) >= 11 is 0. The molecule has 4 rings (SSSR count). The standard InChI is InChI=1S/C16H10FN3O4S/c1-25(23,24)9-3-5-13-11(7-9)14(19-22)15-18-12-6-8(17)2-4-10(12)16(21)20(13)15/h2-7,18H,1H3. The van der Waals surface area contributed by atoms with Crippen LogP contribution in [0.1, 0.15) is 0 Å². The zero-order valence-electron chi connectivity index (χ0n) is 12.8. The summed E-state index contributed by atoms with van der Waals surface area (Å²) in [5.41, 5.74) is 0.0660. The number of benzene rings is 2. The Morgan fingerprint density at radius 3 is 2.56 bits per heavy atom. The van der Waals surface area contributed by atoms with Crippen LogP contribution in [0.5, 0.6) is 0 Å². The van der Waals surface area contributed by atoms with E-state index in [9.17, 15) is 22.5 Å². The number of rotatable bonds is 2. The molecule has 9 heteroatoms. The molecule has 0 spiro atoms. The third-order valence-electron chi connectivity index (χ3n) is 4.10. The molecule has 0 amide bonds. The maximum atomic E-state index is 13.5. The van der Waals surface area contributed by atoms with Crippen LogP contribution in [0.25, 0.3) is 27.5 Å². The van der Waals surface area contributed by atoms with E-state index in [2.05, 4.69) is 10.2 Å². The minimum atomic E-state index is -3.50. The lowest BCUT2D eigenvalue weighted by Crippen LogP contribution is -2.13. The van der Waals surface area contributed by atoms with Gasteiger partial charge < -0.3 is 4.98 Å². The Morgan fingerprint density at radius 2 is 1.88 bits per heavy atom. The first-order valence-electron chi connectivity index (χ1n) is 7.14. The molecule has 25 heavy (non-hydrogen) atoms. The quantitative estimate of drug-likeness (QED) is 0.556. The van der Waals surface area contributed by atoms with Gasteiger partial charge in [0.15, 0.2) is 15.5 Å². The normalized spacial score (nSPS) is 12.2. The van der Waals surface area contributed by atoms with Crippen LogP contribution in [0.15, 0.2) is 51.3 Å². The van der Waals surface area contributed by atoms with Gasteiger partial charge in [0.25, 0.3) is 5.56 Å². The molecule has 0 aliphatic rings. The number of nitroso groups, excluding NO2 is 1. The molecule has 4 aromatic rings. The number of nitrogens with one attached hydrogen (secondary N) is 1. The van der Waals surface area contributed by atoms with Crippen LogP contribution < -0.4 is 5.56 Å². The highest BCUT2D eigenvalue weighted by molar-refractivity contribution is 7.90. The van der Waals surface area contributed by atoms with Crippen molar-refractivity contribution in [3.8, 4) is 0 Å². The predicted octanol–water partition coefficient (Wildman–Crippen LogP) is 2.87. The highest BCUT2D eigenvalue weighted by Gasteiger charge is 2.19. The Labute approximate surface area is 139 Å². The zero-order valence-corrected chi connectivity index (χ0v) is 13.6. The molecule has 0 fully saturated rings. The van der Waals surface area contributed by atoms with Crippen LogP contribution in [0.4, 0.5) is 10.1 Å². The molecule has 0 saturated heterocycles. The Balaban J connectivity index is 2.28. The number of nitrogens with zero attached hydrogens (tertiary/aromatic N) is 2. The van der Waals surface area contributed by atoms with Crippen molar-refractivity contribution < 1.29 is 12.8 Å². The van der Waals surface area contributed by atoms with Gasteiger partial charge in [0.05, 0.1) is 21.3 Å². The minimum absolute atomic E-state index is 0.00357. The summed E-state index contributed by atoms with van der Waals surface area (Å²) in [6.45, 7) is 0. The van der Waals surface area contributed by atoms with Gasteiger partial charge in [-0.3, -0.25) is 9.20 Å². The number of fused-ring (bicyclic) bond motifs is 4. The molecule has 126 valence electrons. The molecule has 0 aliphatic carbocycles. The molecule has 0 aliphatic heterocycles. The molecule has 2 aromatic heterocycles. The maximum absolute atomic E-state index is 13.5. The molecule has 0 bridgehead atoms. The van der Waals surface area contributed by atoms with Gasteiger partial charge in [0.1, 0.15) is 11.5 Å². The number of H-pyrrole nitrogens is 1. The SMILES string of the molecule is CS(=O)(=O)c1ccc2c(c1)c(N=O)c1[nH]c3cc(F)ccc3c(=O)n12. The van der Waals surface area contributed by atoms with Gasteiger partial charge in [-0.05, 0) is 41.6 Å². The maximum Gasteiger partial charge on any atom is 0.266 e. The highest BCUT2D eigenvalue weighted by Crippen LogP contribution is 2.34. The first-order valence-corrected chi connectivity index (χ1v) is 9.03. The van der Waals surface area contributed by atoms with Crippen molar-refractivity contribution in [3.63, 3.8) is 0 Å². The molecule has 2 heterocycles. The van der Waals surface area contributed by atoms with E-state index in [-0.39, 0.29) is 32.5 Å². The van der Waals surface area contributed by atoms with E-state index in [1.54, 1.807) is 0 Å². The van der Waals surface area contributed by atoms with E-state index in [0.29, 0.717) is 5.52 Å². The number of hydrogen-bond acceptors (Lipinski definition) is 5. The van der Waals surface area contributed by atoms with E-state index in [4.69, 9.17) is 0 Å². The van der Waals surface area contributed by atoms with Gasteiger partial charge in [0, 0.05) is 11.6 Å². The summed E-state index contributed by atoms with van der Waals surface area (Å²) in [6, 6.07) is 7.74. The second-order valence-corrected chi connectivity index (χ2v) is 7.71. The van der Waals surface area contributed by atoms with Gasteiger partial charge in [-0.15, -0.1) is 4.91 Å². The van der Waals surface area contributed by atoms with Crippen LogP contribution in [-0.4, -0.2) is 24.1 Å². The van der Waals surface area contributed by atoms with Crippen LogP contribution >= 0.6 is 0 Å². The minimum Gasteiger partial charge on any atom is -0.339 e. The Kier molecular flexibility index (Phi) is 3.07. The molecule has 7 nitrogen and oxygen atoms in total. The number of sulfone groups is 1. The van der Waals surface area contributed by atoms with Gasteiger partial charge in [-0.1, -0.05) is 0 Å². The van der Waals surface area contributed by atoms with Crippen molar-refractivity contribution in [3.05, 3.63) is 57.5 Å². The summed E-state index contributed by atoms with van der Waals surface area (Å²) in [5.74, 6) is -0.538. The topological polar surface area (TPSA) is 101 Å². The lowest BCUT2D eigenvalue weighted by atomic mass is 10.2. The Morgan fingerprint density at radius 1 is 1.12 bits per heavy atom. The molecule has 0 saturated carbocycles. The monoisotopic (exact) mass is 359 g/mol.